The number of aryl methyl sites for hydroxylation is 1. The van der Waals surface area contributed by atoms with Gasteiger partial charge in [0.1, 0.15) is 6.54 Å². The molecular formula is C24H29N7O2. The third-order valence-electron chi connectivity index (χ3n) is 5.62. The SMILES string of the molecule is CCNC(=O)c1ccc(-c2nc(Nc3cnn(CC(=O)N4CCCCC4)c3)ncc2C)cc1. The Morgan fingerprint density at radius 1 is 1.06 bits per heavy atom. The van der Waals surface area contributed by atoms with Crippen molar-refractivity contribution in [2.24, 2.45) is 0 Å². The molecule has 1 saturated heterocycles. The van der Waals surface area contributed by atoms with E-state index < -0.39 is 0 Å². The lowest BCUT2D eigenvalue weighted by molar-refractivity contribution is -0.132. The quantitative estimate of drug-likeness (QED) is 0.576. The highest BCUT2D eigenvalue weighted by Gasteiger charge is 2.17. The fourth-order valence-electron chi connectivity index (χ4n) is 3.86. The molecule has 9 nitrogen and oxygen atoms in total. The van der Waals surface area contributed by atoms with Crippen LogP contribution in [0.4, 0.5) is 11.6 Å². The van der Waals surface area contributed by atoms with Crippen LogP contribution >= 0.6 is 0 Å². The molecule has 1 aliphatic heterocycles. The van der Waals surface area contributed by atoms with Crippen LogP contribution in [-0.2, 0) is 11.3 Å². The van der Waals surface area contributed by atoms with Crippen molar-refractivity contribution in [2.45, 2.75) is 39.7 Å². The van der Waals surface area contributed by atoms with Gasteiger partial charge in [0.15, 0.2) is 0 Å². The van der Waals surface area contributed by atoms with Crippen LogP contribution in [0.1, 0.15) is 42.1 Å². The minimum atomic E-state index is -0.0957. The van der Waals surface area contributed by atoms with Crippen molar-refractivity contribution in [3.05, 3.63) is 54.0 Å². The lowest BCUT2D eigenvalue weighted by Crippen LogP contribution is -2.37. The fourth-order valence-corrected chi connectivity index (χ4v) is 3.86. The van der Waals surface area contributed by atoms with Crippen molar-refractivity contribution in [1.82, 2.24) is 30.0 Å². The Morgan fingerprint density at radius 2 is 1.82 bits per heavy atom. The molecule has 9 heteroatoms. The Bertz CT molecular complexity index is 1120. The number of amides is 2. The molecule has 0 unspecified atom stereocenters. The normalized spacial score (nSPS) is 13.6. The zero-order chi connectivity index (χ0) is 23.2. The summed E-state index contributed by atoms with van der Waals surface area (Å²) in [6.07, 6.45) is 8.53. The number of carbonyl (C=O) groups excluding carboxylic acids is 2. The number of hydrogen-bond acceptors (Lipinski definition) is 6. The second-order valence-electron chi connectivity index (χ2n) is 8.16. The number of aromatic nitrogens is 4. The fraction of sp³-hybridized carbons (Fsp3) is 0.375. The number of carbonyl (C=O) groups is 2. The second-order valence-corrected chi connectivity index (χ2v) is 8.16. The number of rotatable bonds is 7. The first-order chi connectivity index (χ1) is 16.0. The zero-order valence-electron chi connectivity index (χ0n) is 19.0. The first-order valence-corrected chi connectivity index (χ1v) is 11.3. The maximum absolute atomic E-state index is 12.5. The van der Waals surface area contributed by atoms with E-state index in [9.17, 15) is 9.59 Å². The summed E-state index contributed by atoms with van der Waals surface area (Å²) in [5.74, 6) is 0.432. The lowest BCUT2D eigenvalue weighted by atomic mass is 10.1. The van der Waals surface area contributed by atoms with Gasteiger partial charge in [-0.3, -0.25) is 14.3 Å². The third-order valence-corrected chi connectivity index (χ3v) is 5.62. The molecule has 0 saturated carbocycles. The third kappa shape index (κ3) is 5.54. The lowest BCUT2D eigenvalue weighted by Gasteiger charge is -2.26. The largest absolute Gasteiger partial charge is 0.352 e. The van der Waals surface area contributed by atoms with Crippen LogP contribution in [0.25, 0.3) is 11.3 Å². The van der Waals surface area contributed by atoms with Crippen molar-refractivity contribution >= 4 is 23.5 Å². The van der Waals surface area contributed by atoms with E-state index >= 15 is 0 Å². The molecule has 2 amide bonds. The van der Waals surface area contributed by atoms with Crippen LogP contribution in [0.3, 0.4) is 0 Å². The summed E-state index contributed by atoms with van der Waals surface area (Å²) in [5.41, 5.74) is 3.92. The summed E-state index contributed by atoms with van der Waals surface area (Å²) in [4.78, 5) is 35.4. The van der Waals surface area contributed by atoms with Crippen LogP contribution in [0.2, 0.25) is 0 Å². The molecule has 0 atom stereocenters. The predicted octanol–water partition coefficient (Wildman–Crippen LogP) is 3.15. The monoisotopic (exact) mass is 447 g/mol. The number of nitrogens with one attached hydrogen (secondary N) is 2. The van der Waals surface area contributed by atoms with Gasteiger partial charge in [-0.1, -0.05) is 12.1 Å². The van der Waals surface area contributed by atoms with Gasteiger partial charge in [-0.25, -0.2) is 9.97 Å². The Labute approximate surface area is 193 Å². The number of piperidine rings is 1. The summed E-state index contributed by atoms with van der Waals surface area (Å²) < 4.78 is 1.63. The van der Waals surface area contributed by atoms with Crippen LogP contribution in [0, 0.1) is 6.92 Å². The molecular weight excluding hydrogens is 418 g/mol. The van der Waals surface area contributed by atoms with Gasteiger partial charge in [0.2, 0.25) is 11.9 Å². The molecule has 0 bridgehead atoms. The van der Waals surface area contributed by atoms with Crippen LogP contribution in [0.15, 0.2) is 42.9 Å². The highest BCUT2D eigenvalue weighted by molar-refractivity contribution is 5.94. The van der Waals surface area contributed by atoms with E-state index in [2.05, 4.69) is 25.7 Å². The van der Waals surface area contributed by atoms with Crippen molar-refractivity contribution in [3.8, 4) is 11.3 Å². The topological polar surface area (TPSA) is 105 Å². The minimum absolute atomic E-state index is 0.0919. The smallest absolute Gasteiger partial charge is 0.251 e. The molecule has 172 valence electrons. The zero-order valence-corrected chi connectivity index (χ0v) is 19.0. The number of anilines is 2. The average Bonchev–Trinajstić information content (AvgIpc) is 3.27. The molecule has 3 aromatic rings. The van der Waals surface area contributed by atoms with Crippen molar-refractivity contribution in [3.63, 3.8) is 0 Å². The van der Waals surface area contributed by atoms with E-state index in [0.717, 1.165) is 42.8 Å². The van der Waals surface area contributed by atoms with E-state index in [4.69, 9.17) is 0 Å². The summed E-state index contributed by atoms with van der Waals surface area (Å²) in [7, 11) is 0. The number of hydrogen-bond donors (Lipinski definition) is 2. The standard InChI is InChI=1S/C24H29N7O2/c1-3-25-23(33)19-9-7-18(8-10-19)22-17(2)13-26-24(29-22)28-20-14-27-31(15-20)16-21(32)30-11-5-4-6-12-30/h7-10,13-15H,3-6,11-12,16H2,1-2H3,(H,25,33)(H,26,28,29). The van der Waals surface area contributed by atoms with Crippen molar-refractivity contribution in [2.75, 3.05) is 25.0 Å². The average molecular weight is 448 g/mol. The molecule has 2 N–H and O–H groups in total. The van der Waals surface area contributed by atoms with Gasteiger partial charge in [0.25, 0.3) is 5.91 Å². The maximum atomic E-state index is 12.5. The van der Waals surface area contributed by atoms with Crippen LogP contribution < -0.4 is 10.6 Å². The number of nitrogens with zero attached hydrogens (tertiary/aromatic N) is 5. The van der Waals surface area contributed by atoms with Gasteiger partial charge in [-0.05, 0) is 50.8 Å². The summed E-state index contributed by atoms with van der Waals surface area (Å²) in [6.45, 7) is 6.30. The van der Waals surface area contributed by atoms with Gasteiger partial charge in [0.05, 0.1) is 17.6 Å². The first-order valence-electron chi connectivity index (χ1n) is 11.3. The minimum Gasteiger partial charge on any atom is -0.352 e. The summed E-state index contributed by atoms with van der Waals surface area (Å²) >= 11 is 0. The van der Waals surface area contributed by atoms with Gasteiger partial charge in [-0.15, -0.1) is 0 Å². The van der Waals surface area contributed by atoms with Gasteiger partial charge < -0.3 is 15.5 Å². The van der Waals surface area contributed by atoms with Crippen molar-refractivity contribution < 1.29 is 9.59 Å². The van der Waals surface area contributed by atoms with E-state index in [1.807, 2.05) is 30.9 Å². The molecule has 0 aliphatic carbocycles. The Balaban J connectivity index is 1.44. The molecule has 1 aliphatic rings. The molecule has 4 rings (SSSR count). The Hall–Kier alpha value is -3.75. The second kappa shape index (κ2) is 10.2. The highest BCUT2D eigenvalue weighted by Crippen LogP contribution is 2.23. The Morgan fingerprint density at radius 3 is 2.55 bits per heavy atom. The Kier molecular flexibility index (Phi) is 6.97. The first kappa shape index (κ1) is 22.4. The number of likely N-dealkylation sites (tertiary alicyclic amines) is 1. The molecule has 33 heavy (non-hydrogen) atoms. The van der Waals surface area contributed by atoms with Crippen LogP contribution in [0.5, 0.6) is 0 Å². The van der Waals surface area contributed by atoms with E-state index in [1.165, 1.54) is 6.42 Å². The molecule has 3 heterocycles. The molecule has 1 fully saturated rings. The van der Waals surface area contributed by atoms with Gasteiger partial charge in [0, 0.05) is 43.2 Å². The van der Waals surface area contributed by atoms with Crippen molar-refractivity contribution in [1.29, 1.82) is 0 Å². The molecule has 2 aromatic heterocycles. The van der Waals surface area contributed by atoms with E-state index in [1.54, 1.807) is 35.4 Å². The van der Waals surface area contributed by atoms with E-state index in [0.29, 0.717) is 23.7 Å². The summed E-state index contributed by atoms with van der Waals surface area (Å²) in [6, 6.07) is 7.35. The predicted molar refractivity (Wildman–Crippen MR) is 126 cm³/mol. The summed E-state index contributed by atoms with van der Waals surface area (Å²) in [5, 5.41) is 10.3. The van der Waals surface area contributed by atoms with E-state index in [-0.39, 0.29) is 18.4 Å². The molecule has 0 spiro atoms. The van der Waals surface area contributed by atoms with Crippen LogP contribution in [-0.4, -0.2) is 56.1 Å². The number of benzene rings is 1. The van der Waals surface area contributed by atoms with Gasteiger partial charge >= 0.3 is 0 Å². The maximum Gasteiger partial charge on any atom is 0.251 e. The molecule has 0 radical (unpaired) electrons. The molecule has 1 aromatic carbocycles. The van der Waals surface area contributed by atoms with Gasteiger partial charge in [-0.2, -0.15) is 5.10 Å². The highest BCUT2D eigenvalue weighted by atomic mass is 16.2.